The van der Waals surface area contributed by atoms with Gasteiger partial charge >= 0.3 is 0 Å². The van der Waals surface area contributed by atoms with Crippen molar-refractivity contribution >= 4 is 11.6 Å². The molecule has 110 valence electrons. The number of nitrogens with zero attached hydrogens (tertiary/aromatic N) is 2. The molecule has 0 atom stereocenters. The minimum absolute atomic E-state index is 0.0216. The number of hydrogen-bond acceptors (Lipinski definition) is 4. The number of carbonyl (C=O) groups excluding carboxylic acids is 1. The number of nitrogen functional groups attached to an aromatic ring is 1. The summed E-state index contributed by atoms with van der Waals surface area (Å²) in [5.74, 6) is -0.154. The van der Waals surface area contributed by atoms with E-state index >= 15 is 0 Å². The molecule has 1 aliphatic rings. The van der Waals surface area contributed by atoms with Crippen molar-refractivity contribution in [2.24, 2.45) is 11.7 Å². The van der Waals surface area contributed by atoms with E-state index in [2.05, 4.69) is 4.90 Å². The molecular formula is C14H22N4O2. The monoisotopic (exact) mass is 278 g/mol. The molecule has 0 saturated carbocycles. The van der Waals surface area contributed by atoms with Crippen LogP contribution in [0, 0.1) is 5.92 Å². The second kappa shape index (κ2) is 6.56. The Kier molecular flexibility index (Phi) is 4.79. The molecule has 2 rings (SSSR count). The fraction of sp³-hybridized carbons (Fsp3) is 0.571. The van der Waals surface area contributed by atoms with Gasteiger partial charge in [0.1, 0.15) is 0 Å². The van der Waals surface area contributed by atoms with E-state index in [0.717, 1.165) is 38.9 Å². The van der Waals surface area contributed by atoms with Crippen LogP contribution in [0.2, 0.25) is 0 Å². The Morgan fingerprint density at radius 1 is 1.25 bits per heavy atom. The summed E-state index contributed by atoms with van der Waals surface area (Å²) in [7, 11) is 0. The summed E-state index contributed by atoms with van der Waals surface area (Å²) >= 11 is 0. The zero-order valence-corrected chi connectivity index (χ0v) is 11.6. The SMILES string of the molecule is NC(=O)C1CCN(CCCn2cc(N)ccc2=O)CC1. The highest BCUT2D eigenvalue weighted by atomic mass is 16.1. The average molecular weight is 278 g/mol. The third-order valence-electron chi connectivity index (χ3n) is 3.87. The topological polar surface area (TPSA) is 94.3 Å². The van der Waals surface area contributed by atoms with Gasteiger partial charge in [0.25, 0.3) is 5.56 Å². The first kappa shape index (κ1) is 14.6. The number of likely N-dealkylation sites (tertiary alicyclic amines) is 1. The van der Waals surface area contributed by atoms with Crippen molar-refractivity contribution in [3.63, 3.8) is 0 Å². The molecule has 20 heavy (non-hydrogen) atoms. The molecule has 1 amide bonds. The Hall–Kier alpha value is -1.82. The molecule has 1 fully saturated rings. The molecule has 0 radical (unpaired) electrons. The normalized spacial score (nSPS) is 17.2. The average Bonchev–Trinajstić information content (AvgIpc) is 2.43. The van der Waals surface area contributed by atoms with Crippen LogP contribution < -0.4 is 17.0 Å². The van der Waals surface area contributed by atoms with Gasteiger partial charge in [-0.3, -0.25) is 9.59 Å². The number of aromatic nitrogens is 1. The molecule has 0 spiro atoms. The maximum Gasteiger partial charge on any atom is 0.250 e. The van der Waals surface area contributed by atoms with Crippen LogP contribution in [-0.4, -0.2) is 35.0 Å². The number of amides is 1. The van der Waals surface area contributed by atoms with Crippen LogP contribution in [0.1, 0.15) is 19.3 Å². The highest BCUT2D eigenvalue weighted by Crippen LogP contribution is 2.16. The number of anilines is 1. The predicted molar refractivity (Wildman–Crippen MR) is 78.1 cm³/mol. The van der Waals surface area contributed by atoms with Crippen molar-refractivity contribution in [1.82, 2.24) is 9.47 Å². The van der Waals surface area contributed by atoms with E-state index in [1.807, 2.05) is 0 Å². The van der Waals surface area contributed by atoms with Gasteiger partial charge in [-0.05, 0) is 45.0 Å². The predicted octanol–water partition coefficient (Wildman–Crippen LogP) is 0.0179. The number of aryl methyl sites for hydroxylation is 1. The van der Waals surface area contributed by atoms with E-state index in [1.54, 1.807) is 16.8 Å². The summed E-state index contributed by atoms with van der Waals surface area (Å²) < 4.78 is 1.64. The van der Waals surface area contributed by atoms with E-state index in [1.165, 1.54) is 6.07 Å². The van der Waals surface area contributed by atoms with Crippen LogP contribution in [0.25, 0.3) is 0 Å². The van der Waals surface area contributed by atoms with E-state index in [0.29, 0.717) is 12.2 Å². The van der Waals surface area contributed by atoms with Crippen LogP contribution in [0.15, 0.2) is 23.1 Å². The number of hydrogen-bond donors (Lipinski definition) is 2. The Labute approximate surface area is 118 Å². The smallest absolute Gasteiger partial charge is 0.250 e. The standard InChI is InChI=1S/C14H22N4O2/c15-12-2-3-13(19)18(10-12)7-1-6-17-8-4-11(5-9-17)14(16)20/h2-3,10-11H,1,4-9,15H2,(H2,16,20). The third-order valence-corrected chi connectivity index (χ3v) is 3.87. The van der Waals surface area contributed by atoms with Gasteiger partial charge < -0.3 is 20.9 Å². The molecule has 6 heteroatoms. The van der Waals surface area contributed by atoms with Crippen molar-refractivity contribution in [1.29, 1.82) is 0 Å². The largest absolute Gasteiger partial charge is 0.398 e. The summed E-state index contributed by atoms with van der Waals surface area (Å²) in [6.45, 7) is 3.39. The van der Waals surface area contributed by atoms with E-state index < -0.39 is 0 Å². The van der Waals surface area contributed by atoms with Crippen LogP contribution in [0.3, 0.4) is 0 Å². The highest BCUT2D eigenvalue weighted by Gasteiger charge is 2.22. The van der Waals surface area contributed by atoms with Crippen molar-refractivity contribution in [3.05, 3.63) is 28.7 Å². The van der Waals surface area contributed by atoms with Gasteiger partial charge in [-0.15, -0.1) is 0 Å². The molecule has 0 aromatic carbocycles. The van der Waals surface area contributed by atoms with Crippen LogP contribution >= 0.6 is 0 Å². The van der Waals surface area contributed by atoms with Gasteiger partial charge in [-0.1, -0.05) is 0 Å². The lowest BCUT2D eigenvalue weighted by atomic mass is 9.96. The number of rotatable bonds is 5. The fourth-order valence-corrected chi connectivity index (χ4v) is 2.63. The zero-order valence-electron chi connectivity index (χ0n) is 11.6. The maximum atomic E-state index is 11.6. The number of piperidine rings is 1. The minimum Gasteiger partial charge on any atom is -0.398 e. The second-order valence-electron chi connectivity index (χ2n) is 5.37. The lowest BCUT2D eigenvalue weighted by molar-refractivity contribution is -0.123. The molecule has 6 nitrogen and oxygen atoms in total. The van der Waals surface area contributed by atoms with Crippen molar-refractivity contribution < 1.29 is 4.79 Å². The second-order valence-corrected chi connectivity index (χ2v) is 5.37. The van der Waals surface area contributed by atoms with Gasteiger partial charge in [0.15, 0.2) is 0 Å². The first-order valence-electron chi connectivity index (χ1n) is 7.04. The van der Waals surface area contributed by atoms with Gasteiger partial charge in [-0.2, -0.15) is 0 Å². The maximum absolute atomic E-state index is 11.6. The Bertz CT molecular complexity index is 518. The summed E-state index contributed by atoms with van der Waals surface area (Å²) in [4.78, 5) is 25.0. The van der Waals surface area contributed by atoms with Gasteiger partial charge in [0.05, 0.1) is 0 Å². The summed E-state index contributed by atoms with van der Waals surface area (Å²) in [5, 5.41) is 0. The molecule has 4 N–H and O–H groups in total. The summed E-state index contributed by atoms with van der Waals surface area (Å²) in [6, 6.07) is 3.11. The fourth-order valence-electron chi connectivity index (χ4n) is 2.63. The molecular weight excluding hydrogens is 256 g/mol. The Morgan fingerprint density at radius 2 is 1.95 bits per heavy atom. The van der Waals surface area contributed by atoms with Crippen LogP contribution in [0.4, 0.5) is 5.69 Å². The van der Waals surface area contributed by atoms with Crippen LogP contribution in [-0.2, 0) is 11.3 Å². The van der Waals surface area contributed by atoms with Crippen LogP contribution in [0.5, 0.6) is 0 Å². The quantitative estimate of drug-likeness (QED) is 0.793. The van der Waals surface area contributed by atoms with E-state index in [-0.39, 0.29) is 17.4 Å². The summed E-state index contributed by atoms with van der Waals surface area (Å²) in [5.41, 5.74) is 11.6. The molecule has 1 aromatic heterocycles. The third kappa shape index (κ3) is 3.84. The highest BCUT2D eigenvalue weighted by molar-refractivity contribution is 5.76. The molecule has 1 aromatic rings. The molecule has 1 aliphatic heterocycles. The number of pyridine rings is 1. The number of primary amides is 1. The first-order chi connectivity index (χ1) is 9.56. The van der Waals surface area contributed by atoms with Gasteiger partial charge in [-0.25, -0.2) is 0 Å². The first-order valence-corrected chi connectivity index (χ1v) is 7.04. The van der Waals surface area contributed by atoms with E-state index in [9.17, 15) is 9.59 Å². The van der Waals surface area contributed by atoms with Gasteiger partial charge in [0, 0.05) is 30.4 Å². The zero-order chi connectivity index (χ0) is 14.5. The van der Waals surface area contributed by atoms with Crippen molar-refractivity contribution in [2.75, 3.05) is 25.4 Å². The lowest BCUT2D eigenvalue weighted by Gasteiger charge is -2.30. The lowest BCUT2D eigenvalue weighted by Crippen LogP contribution is -2.39. The Morgan fingerprint density at radius 3 is 2.60 bits per heavy atom. The summed E-state index contributed by atoms with van der Waals surface area (Å²) in [6.07, 6.45) is 4.26. The van der Waals surface area contributed by atoms with Crippen molar-refractivity contribution in [2.45, 2.75) is 25.8 Å². The Balaban J connectivity index is 1.75. The number of nitrogens with two attached hydrogens (primary N) is 2. The van der Waals surface area contributed by atoms with Gasteiger partial charge in [0.2, 0.25) is 5.91 Å². The molecule has 0 bridgehead atoms. The van der Waals surface area contributed by atoms with E-state index in [4.69, 9.17) is 11.5 Å². The molecule has 0 unspecified atom stereocenters. The number of carbonyl (C=O) groups is 1. The van der Waals surface area contributed by atoms with Crippen molar-refractivity contribution in [3.8, 4) is 0 Å². The molecule has 2 heterocycles. The molecule has 1 saturated heterocycles. The molecule has 0 aliphatic carbocycles. The minimum atomic E-state index is -0.184.